The van der Waals surface area contributed by atoms with Crippen LogP contribution in [-0.2, 0) is 20.2 Å². The van der Waals surface area contributed by atoms with Gasteiger partial charge in [0, 0.05) is 5.69 Å². The standard InChI is InChI=1S/C19H22N3O4P/c1-3-25-27(24,26-4-2)18(21-20)19(23)22(17-13-9-6-10-14-17)15-16-11-7-5-8-12-16/h5-14H,3-4,15H2,1-2H3/p+1. The minimum absolute atomic E-state index is 0.0631. The molecule has 7 nitrogen and oxygen atoms in total. The van der Waals surface area contributed by atoms with E-state index in [9.17, 15) is 15.1 Å². The minimum Gasteiger partial charge on any atom is -0.488 e. The van der Waals surface area contributed by atoms with Crippen LogP contribution in [0.4, 0.5) is 5.69 Å². The molecule has 0 aromatic heterocycles. The maximum atomic E-state index is 13.0. The van der Waals surface area contributed by atoms with Crippen molar-refractivity contribution in [2.45, 2.75) is 20.4 Å². The second-order valence-corrected chi connectivity index (χ2v) is 7.42. The van der Waals surface area contributed by atoms with Crippen LogP contribution < -0.4 is 4.90 Å². The molecule has 142 valence electrons. The summed E-state index contributed by atoms with van der Waals surface area (Å²) in [6, 6.07) is 18.4. The number of para-hydroxylation sites is 1. The molecule has 1 N–H and O–H groups in total. The van der Waals surface area contributed by atoms with E-state index < -0.39 is 18.9 Å². The minimum atomic E-state index is -3.99. The van der Waals surface area contributed by atoms with Crippen molar-refractivity contribution in [1.82, 2.24) is 0 Å². The van der Waals surface area contributed by atoms with Crippen LogP contribution in [-0.4, -0.2) is 18.3 Å². The number of rotatable bonds is 9. The largest absolute Gasteiger partial charge is 0.529 e. The highest BCUT2D eigenvalue weighted by molar-refractivity contribution is 7.58. The molecule has 0 spiro atoms. The molecule has 0 aliphatic heterocycles. The third kappa shape index (κ3) is 5.18. The highest BCUT2D eigenvalue weighted by atomic mass is 31.2. The lowest BCUT2D eigenvalue weighted by Crippen LogP contribution is -2.23. The summed E-state index contributed by atoms with van der Waals surface area (Å²) < 4.78 is 23.5. The van der Waals surface area contributed by atoms with Gasteiger partial charge in [0.1, 0.15) is 0 Å². The summed E-state index contributed by atoms with van der Waals surface area (Å²) in [5, 5.41) is 20.4. The van der Waals surface area contributed by atoms with Crippen LogP contribution in [0.1, 0.15) is 19.4 Å². The summed E-state index contributed by atoms with van der Waals surface area (Å²) >= 11 is 0. The average molecular weight is 388 g/mol. The molecule has 2 aromatic rings. The highest BCUT2D eigenvalue weighted by Gasteiger charge is 2.47. The second kappa shape index (κ2) is 9.89. The summed E-state index contributed by atoms with van der Waals surface area (Å²) in [4.78, 5) is 4.54. The molecular weight excluding hydrogens is 365 g/mol. The Hall–Kier alpha value is -2.65. The van der Waals surface area contributed by atoms with Gasteiger partial charge in [-0.2, -0.15) is 0 Å². The molecule has 0 heterocycles. The van der Waals surface area contributed by atoms with Gasteiger partial charge in [0.2, 0.25) is 5.39 Å². The van der Waals surface area contributed by atoms with Crippen molar-refractivity contribution in [3.8, 4) is 0 Å². The molecule has 0 aliphatic rings. The molecule has 0 saturated heterocycles. The lowest BCUT2D eigenvalue weighted by atomic mass is 10.2. The van der Waals surface area contributed by atoms with Gasteiger partial charge in [0.05, 0.1) is 19.8 Å². The molecule has 0 unspecified atom stereocenters. The molecule has 0 atom stereocenters. The smallest absolute Gasteiger partial charge is 0.488 e. The van der Waals surface area contributed by atoms with E-state index in [1.165, 1.54) is 4.90 Å². The van der Waals surface area contributed by atoms with Gasteiger partial charge >= 0.3 is 13.0 Å². The van der Waals surface area contributed by atoms with E-state index in [1.54, 1.807) is 38.1 Å². The molecule has 0 radical (unpaired) electrons. The van der Waals surface area contributed by atoms with Crippen LogP contribution in [0, 0.1) is 5.39 Å². The summed E-state index contributed by atoms with van der Waals surface area (Å²) in [7, 11) is -3.99. The first kappa shape index (κ1) is 20.7. The number of benzene rings is 2. The molecule has 2 rings (SSSR count). The molecular formula is C19H23N3O4P+. The Morgan fingerprint density at radius 2 is 1.56 bits per heavy atom. The number of anilines is 1. The van der Waals surface area contributed by atoms with Gasteiger partial charge in [-0.25, -0.2) is 4.57 Å². The number of diazo groups is 1. The quantitative estimate of drug-likeness (QED) is 0.347. The molecule has 0 fully saturated rings. The summed E-state index contributed by atoms with van der Waals surface area (Å²) in [6.45, 7) is 3.66. The van der Waals surface area contributed by atoms with Crippen molar-refractivity contribution in [2.75, 3.05) is 18.1 Å². The topological polar surface area (TPSA) is 87.1 Å². The number of aliphatic hydroxyl groups is 1. The summed E-state index contributed by atoms with van der Waals surface area (Å²) in [5.74, 6) is -0.502. The number of hydrogen-bond donors (Lipinski definition) is 1. The Morgan fingerprint density at radius 1 is 1.04 bits per heavy atom. The van der Waals surface area contributed by atoms with Gasteiger partial charge in [-0.05, 0) is 31.5 Å². The van der Waals surface area contributed by atoms with Crippen LogP contribution in [0.25, 0.3) is 4.98 Å². The molecule has 0 amide bonds. The third-order valence-corrected chi connectivity index (χ3v) is 5.66. The first-order valence-corrected chi connectivity index (χ1v) is 10.1. The maximum Gasteiger partial charge on any atom is 0.529 e. The number of hydrogen-bond acceptors (Lipinski definition) is 6. The zero-order chi connectivity index (χ0) is 19.7. The fraction of sp³-hybridized carbons (Fsp3) is 0.263. The van der Waals surface area contributed by atoms with E-state index in [4.69, 9.17) is 9.05 Å². The van der Waals surface area contributed by atoms with Crippen LogP contribution in [0.3, 0.4) is 0 Å². The van der Waals surface area contributed by atoms with Crippen LogP contribution >= 0.6 is 7.60 Å². The van der Waals surface area contributed by atoms with Gasteiger partial charge in [0.25, 0.3) is 5.88 Å². The van der Waals surface area contributed by atoms with Gasteiger partial charge < -0.3 is 19.1 Å². The SMILES string of the molecule is CCOP(=O)(OCC)/C([N+]#N)=C(\O)N(Cc1ccccc1)c1ccccc1. The fourth-order valence-corrected chi connectivity index (χ4v) is 3.98. The Kier molecular flexibility index (Phi) is 7.56. The molecule has 0 saturated carbocycles. The molecule has 2 aromatic carbocycles. The van der Waals surface area contributed by atoms with Crippen molar-refractivity contribution in [3.05, 3.63) is 82.5 Å². The van der Waals surface area contributed by atoms with E-state index in [-0.39, 0.29) is 19.8 Å². The van der Waals surface area contributed by atoms with Gasteiger partial charge in [-0.3, -0.25) is 0 Å². The predicted octanol–water partition coefficient (Wildman–Crippen LogP) is 5.50. The van der Waals surface area contributed by atoms with Crippen molar-refractivity contribution in [1.29, 1.82) is 5.39 Å². The second-order valence-electron chi connectivity index (χ2n) is 5.49. The molecule has 27 heavy (non-hydrogen) atoms. The van der Waals surface area contributed by atoms with Gasteiger partial charge in [-0.15, -0.1) is 0 Å². The molecule has 0 aliphatic carbocycles. The van der Waals surface area contributed by atoms with Crippen molar-refractivity contribution in [2.24, 2.45) is 0 Å². The Morgan fingerprint density at radius 3 is 2.04 bits per heavy atom. The van der Waals surface area contributed by atoms with E-state index in [0.29, 0.717) is 5.69 Å². The van der Waals surface area contributed by atoms with Crippen LogP contribution in [0.15, 0.2) is 72.0 Å². The number of nitrogens with zero attached hydrogens (tertiary/aromatic N) is 3. The van der Waals surface area contributed by atoms with E-state index >= 15 is 0 Å². The normalized spacial score (nSPS) is 12.2. The Balaban J connectivity index is 2.56. The third-order valence-electron chi connectivity index (χ3n) is 3.66. The first-order valence-electron chi connectivity index (χ1n) is 8.60. The highest BCUT2D eigenvalue weighted by Crippen LogP contribution is 2.58. The average Bonchev–Trinajstić information content (AvgIpc) is 2.68. The van der Waals surface area contributed by atoms with E-state index in [2.05, 4.69) is 4.98 Å². The fourth-order valence-electron chi connectivity index (χ4n) is 2.50. The van der Waals surface area contributed by atoms with Crippen molar-refractivity contribution < 1.29 is 18.7 Å². The first-order chi connectivity index (χ1) is 13.1. The van der Waals surface area contributed by atoms with Crippen LogP contribution in [0.5, 0.6) is 0 Å². The Labute approximate surface area is 159 Å². The van der Waals surface area contributed by atoms with Crippen molar-refractivity contribution in [3.63, 3.8) is 0 Å². The van der Waals surface area contributed by atoms with Crippen molar-refractivity contribution >= 4 is 13.3 Å². The monoisotopic (exact) mass is 388 g/mol. The zero-order valence-corrected chi connectivity index (χ0v) is 16.3. The zero-order valence-electron chi connectivity index (χ0n) is 15.4. The number of aliphatic hydroxyl groups excluding tert-OH is 1. The predicted molar refractivity (Wildman–Crippen MR) is 105 cm³/mol. The van der Waals surface area contributed by atoms with E-state index in [0.717, 1.165) is 5.56 Å². The molecule has 0 bridgehead atoms. The van der Waals surface area contributed by atoms with E-state index in [1.807, 2.05) is 36.4 Å². The lowest BCUT2D eigenvalue weighted by molar-refractivity contribution is 0.225. The lowest BCUT2D eigenvalue weighted by Gasteiger charge is -2.23. The van der Waals surface area contributed by atoms with Gasteiger partial charge in [0.15, 0.2) is 4.98 Å². The summed E-state index contributed by atoms with van der Waals surface area (Å²) in [5.41, 5.74) is 0.985. The maximum absolute atomic E-state index is 13.0. The Bertz CT molecular complexity index is 840. The van der Waals surface area contributed by atoms with Crippen LogP contribution in [0.2, 0.25) is 0 Å². The molecule has 8 heteroatoms. The van der Waals surface area contributed by atoms with Gasteiger partial charge in [-0.1, -0.05) is 48.5 Å². The summed E-state index contributed by atoms with van der Waals surface area (Å²) in [6.07, 6.45) is 0.